The summed E-state index contributed by atoms with van der Waals surface area (Å²) in [6.07, 6.45) is 1.56. The van der Waals surface area contributed by atoms with E-state index in [1.807, 2.05) is 12.1 Å². The summed E-state index contributed by atoms with van der Waals surface area (Å²) in [6, 6.07) is 5.49. The Morgan fingerprint density at radius 1 is 1.29 bits per heavy atom. The van der Waals surface area contributed by atoms with Gasteiger partial charge in [0, 0.05) is 17.5 Å². The summed E-state index contributed by atoms with van der Waals surface area (Å²) in [4.78, 5) is 23.4. The molecular formula is C15H18O2. The van der Waals surface area contributed by atoms with E-state index < -0.39 is 0 Å². The minimum absolute atomic E-state index is 0.0596. The van der Waals surface area contributed by atoms with Crippen molar-refractivity contribution in [1.29, 1.82) is 0 Å². The van der Waals surface area contributed by atoms with Crippen molar-refractivity contribution in [3.8, 4) is 0 Å². The number of ketones is 2. The number of rotatable bonds is 1. The minimum Gasteiger partial charge on any atom is -0.295 e. The highest BCUT2D eigenvalue weighted by Gasteiger charge is 2.25. The van der Waals surface area contributed by atoms with E-state index in [0.717, 1.165) is 17.5 Å². The molecule has 0 spiro atoms. The van der Waals surface area contributed by atoms with Crippen LogP contribution in [0, 0.1) is 5.92 Å². The van der Waals surface area contributed by atoms with Crippen molar-refractivity contribution in [3.05, 3.63) is 34.9 Å². The molecule has 0 aromatic heterocycles. The molecule has 0 fully saturated rings. The maximum absolute atomic E-state index is 12.0. The lowest BCUT2D eigenvalue weighted by Gasteiger charge is -2.18. The Labute approximate surface area is 102 Å². The summed E-state index contributed by atoms with van der Waals surface area (Å²) >= 11 is 0. The van der Waals surface area contributed by atoms with Gasteiger partial charge in [-0.25, -0.2) is 0 Å². The molecule has 0 radical (unpaired) electrons. The highest BCUT2D eigenvalue weighted by Crippen LogP contribution is 2.34. The molecule has 2 heteroatoms. The molecule has 1 aromatic rings. The monoisotopic (exact) mass is 230 g/mol. The average Bonchev–Trinajstić information content (AvgIpc) is 2.42. The third-order valence-electron chi connectivity index (χ3n) is 3.93. The van der Waals surface area contributed by atoms with Gasteiger partial charge in [0.2, 0.25) is 0 Å². The van der Waals surface area contributed by atoms with Crippen LogP contribution in [0.25, 0.3) is 0 Å². The fourth-order valence-corrected chi connectivity index (χ4v) is 2.46. The van der Waals surface area contributed by atoms with Crippen molar-refractivity contribution in [2.24, 2.45) is 5.92 Å². The number of benzene rings is 1. The van der Waals surface area contributed by atoms with E-state index in [4.69, 9.17) is 0 Å². The Morgan fingerprint density at radius 3 is 2.65 bits per heavy atom. The van der Waals surface area contributed by atoms with Crippen molar-refractivity contribution in [2.45, 2.75) is 39.5 Å². The van der Waals surface area contributed by atoms with Crippen molar-refractivity contribution >= 4 is 11.6 Å². The van der Waals surface area contributed by atoms with Crippen molar-refractivity contribution in [1.82, 2.24) is 0 Å². The van der Waals surface area contributed by atoms with Gasteiger partial charge in [-0.15, -0.1) is 0 Å². The predicted molar refractivity (Wildman–Crippen MR) is 67.6 cm³/mol. The highest BCUT2D eigenvalue weighted by atomic mass is 16.1. The fraction of sp³-hybridized carbons (Fsp3) is 0.467. The minimum atomic E-state index is 0.0596. The number of fused-ring (bicyclic) bond motifs is 1. The van der Waals surface area contributed by atoms with Crippen LogP contribution in [0.3, 0.4) is 0 Å². The summed E-state index contributed by atoms with van der Waals surface area (Å²) in [7, 11) is 0. The lowest BCUT2D eigenvalue weighted by molar-refractivity contribution is 0.0975. The molecule has 2 rings (SSSR count). The number of hydrogen-bond donors (Lipinski definition) is 0. The number of hydrogen-bond acceptors (Lipinski definition) is 2. The maximum Gasteiger partial charge on any atom is 0.163 e. The largest absolute Gasteiger partial charge is 0.295 e. The molecule has 0 amide bonds. The topological polar surface area (TPSA) is 34.1 Å². The number of carbonyl (C=O) groups is 2. The van der Waals surface area contributed by atoms with E-state index in [1.165, 1.54) is 0 Å². The summed E-state index contributed by atoms with van der Waals surface area (Å²) in [5.41, 5.74) is 2.57. The Hall–Kier alpha value is -1.44. The lowest BCUT2D eigenvalue weighted by Crippen LogP contribution is -2.07. The lowest BCUT2D eigenvalue weighted by atomic mass is 9.86. The van der Waals surface area contributed by atoms with Crippen LogP contribution in [-0.2, 0) is 0 Å². The molecule has 1 aromatic carbocycles. The number of carbonyl (C=O) groups excluding carboxylic acids is 2. The Bertz CT molecular complexity index is 474. The quantitative estimate of drug-likeness (QED) is 0.545. The zero-order valence-corrected chi connectivity index (χ0v) is 10.6. The van der Waals surface area contributed by atoms with E-state index in [0.29, 0.717) is 23.8 Å². The van der Waals surface area contributed by atoms with Gasteiger partial charge < -0.3 is 0 Å². The van der Waals surface area contributed by atoms with Crippen LogP contribution in [0.2, 0.25) is 0 Å². The third kappa shape index (κ3) is 2.17. The van der Waals surface area contributed by atoms with Gasteiger partial charge in [0.15, 0.2) is 11.6 Å². The molecular weight excluding hydrogens is 212 g/mol. The molecule has 17 heavy (non-hydrogen) atoms. The van der Waals surface area contributed by atoms with E-state index >= 15 is 0 Å². The Morgan fingerprint density at radius 2 is 2.00 bits per heavy atom. The van der Waals surface area contributed by atoms with Gasteiger partial charge in [-0.1, -0.05) is 26.0 Å². The van der Waals surface area contributed by atoms with Crippen LogP contribution in [0.1, 0.15) is 65.8 Å². The zero-order chi connectivity index (χ0) is 12.6. The molecule has 0 saturated heterocycles. The van der Waals surface area contributed by atoms with Crippen LogP contribution >= 0.6 is 0 Å². The van der Waals surface area contributed by atoms with E-state index in [1.54, 1.807) is 13.0 Å². The Balaban J connectivity index is 2.56. The first-order valence-corrected chi connectivity index (χ1v) is 6.18. The molecule has 0 saturated carbocycles. The second kappa shape index (κ2) is 4.44. The van der Waals surface area contributed by atoms with Gasteiger partial charge in [-0.2, -0.15) is 0 Å². The van der Waals surface area contributed by atoms with Gasteiger partial charge in [0.05, 0.1) is 0 Å². The molecule has 0 aliphatic heterocycles. The number of Topliss-reactive ketones (excluding diaryl/α,β-unsaturated/α-hetero) is 2. The molecule has 1 aliphatic rings. The van der Waals surface area contributed by atoms with Gasteiger partial charge >= 0.3 is 0 Å². The molecule has 90 valence electrons. The maximum atomic E-state index is 12.0. The van der Waals surface area contributed by atoms with Crippen LogP contribution in [0.15, 0.2) is 18.2 Å². The second-order valence-corrected chi connectivity index (χ2v) is 5.09. The first-order chi connectivity index (χ1) is 8.00. The third-order valence-corrected chi connectivity index (χ3v) is 3.93. The molecule has 1 unspecified atom stereocenters. The predicted octanol–water partition coefficient (Wildman–Crippen LogP) is 3.61. The first kappa shape index (κ1) is 12.0. The molecule has 1 aliphatic carbocycles. The molecule has 0 heterocycles. The SMILES string of the molecule is CC(=O)c1ccc2c(c1)C(C)[C@@H](C)CCC2=O. The fourth-order valence-electron chi connectivity index (χ4n) is 2.46. The summed E-state index contributed by atoms with van der Waals surface area (Å²) in [5.74, 6) is 1.11. The van der Waals surface area contributed by atoms with Crippen LogP contribution in [0.4, 0.5) is 0 Å². The van der Waals surface area contributed by atoms with Crippen LogP contribution in [-0.4, -0.2) is 11.6 Å². The summed E-state index contributed by atoms with van der Waals surface area (Å²) in [5, 5.41) is 0. The zero-order valence-electron chi connectivity index (χ0n) is 10.6. The molecule has 0 N–H and O–H groups in total. The van der Waals surface area contributed by atoms with Gasteiger partial charge in [-0.05, 0) is 36.8 Å². The van der Waals surface area contributed by atoms with E-state index in [-0.39, 0.29) is 11.6 Å². The molecule has 2 nitrogen and oxygen atoms in total. The highest BCUT2D eigenvalue weighted by molar-refractivity contribution is 6.00. The van der Waals surface area contributed by atoms with Crippen molar-refractivity contribution in [3.63, 3.8) is 0 Å². The van der Waals surface area contributed by atoms with E-state index in [9.17, 15) is 9.59 Å². The van der Waals surface area contributed by atoms with Crippen LogP contribution < -0.4 is 0 Å². The summed E-state index contributed by atoms with van der Waals surface area (Å²) in [6.45, 7) is 5.88. The molecule has 0 bridgehead atoms. The van der Waals surface area contributed by atoms with Crippen molar-refractivity contribution in [2.75, 3.05) is 0 Å². The van der Waals surface area contributed by atoms with E-state index in [2.05, 4.69) is 13.8 Å². The van der Waals surface area contributed by atoms with Gasteiger partial charge in [-0.3, -0.25) is 9.59 Å². The average molecular weight is 230 g/mol. The first-order valence-electron chi connectivity index (χ1n) is 6.18. The Kier molecular flexibility index (Phi) is 3.14. The molecule has 2 atom stereocenters. The smallest absolute Gasteiger partial charge is 0.163 e. The van der Waals surface area contributed by atoms with Crippen molar-refractivity contribution < 1.29 is 9.59 Å². The normalized spacial score (nSPS) is 24.1. The van der Waals surface area contributed by atoms with Gasteiger partial charge in [0.25, 0.3) is 0 Å². The van der Waals surface area contributed by atoms with Gasteiger partial charge in [0.1, 0.15) is 0 Å². The summed E-state index contributed by atoms with van der Waals surface area (Å²) < 4.78 is 0. The standard InChI is InChI=1S/C15H18O2/c1-9-4-7-15(17)13-6-5-12(11(3)16)8-14(13)10(9)2/h5-6,8-10H,4,7H2,1-3H3/t9-,10?/m0/s1. The second-order valence-electron chi connectivity index (χ2n) is 5.09. The van der Waals surface area contributed by atoms with Crippen LogP contribution in [0.5, 0.6) is 0 Å².